The molecule has 0 spiro atoms. The van der Waals surface area contributed by atoms with Crippen LogP contribution in [-0.2, 0) is 14.3 Å². The first-order valence-corrected chi connectivity index (χ1v) is 8.99. The molecule has 0 fully saturated rings. The Kier molecular flexibility index (Phi) is 8.47. The van der Waals surface area contributed by atoms with E-state index in [4.69, 9.17) is 14.3 Å². The minimum atomic E-state index is -0.109. The zero-order chi connectivity index (χ0) is 17.2. The molecule has 1 aromatic rings. The average molecular weight is 333 g/mol. The molecule has 0 unspecified atom stereocenters. The quantitative estimate of drug-likeness (QED) is 0.441. The van der Waals surface area contributed by atoms with Crippen LogP contribution in [-0.4, -0.2) is 38.2 Å². The highest BCUT2D eigenvalue weighted by Crippen LogP contribution is 2.27. The Morgan fingerprint density at radius 2 is 1.88 bits per heavy atom. The van der Waals surface area contributed by atoms with Crippen molar-refractivity contribution in [3.8, 4) is 0 Å². The lowest BCUT2D eigenvalue weighted by Crippen LogP contribution is -2.32. The first kappa shape index (κ1) is 19.1. The molecule has 0 N–H and O–H groups in total. The Balaban J connectivity index is 1.87. The van der Waals surface area contributed by atoms with Crippen LogP contribution in [0.1, 0.15) is 50.7 Å². The molecule has 0 bridgehead atoms. The van der Waals surface area contributed by atoms with Crippen molar-refractivity contribution in [2.75, 3.05) is 20.8 Å². The van der Waals surface area contributed by atoms with E-state index in [1.165, 1.54) is 5.56 Å². The molecule has 0 saturated carbocycles. The van der Waals surface area contributed by atoms with Gasteiger partial charge in [0.15, 0.2) is 6.29 Å². The smallest absolute Gasteiger partial charge is 0.156 e. The molecule has 4 heteroatoms. The van der Waals surface area contributed by atoms with E-state index in [1.54, 1.807) is 14.2 Å². The van der Waals surface area contributed by atoms with Gasteiger partial charge in [-0.3, -0.25) is 4.84 Å². The van der Waals surface area contributed by atoms with Crippen molar-refractivity contribution in [2.45, 2.75) is 57.5 Å². The summed E-state index contributed by atoms with van der Waals surface area (Å²) in [7, 11) is 3.38. The van der Waals surface area contributed by atoms with Crippen molar-refractivity contribution in [3.05, 3.63) is 48.0 Å². The van der Waals surface area contributed by atoms with Gasteiger partial charge in [0, 0.05) is 20.8 Å². The molecule has 0 amide bonds. The molecule has 2 rings (SSSR count). The van der Waals surface area contributed by atoms with Gasteiger partial charge >= 0.3 is 0 Å². The highest BCUT2D eigenvalue weighted by molar-refractivity contribution is 5.17. The second-order valence-corrected chi connectivity index (χ2v) is 6.22. The van der Waals surface area contributed by atoms with Crippen LogP contribution in [0, 0.1) is 0 Å². The van der Waals surface area contributed by atoms with Gasteiger partial charge in [0.1, 0.15) is 6.10 Å². The number of hydrogen-bond donors (Lipinski definition) is 0. The Bertz CT molecular complexity index is 473. The largest absolute Gasteiger partial charge is 0.356 e. The standard InChI is InChI=1S/C20H31NO3/c1-4-10-19(17-11-6-5-7-12-17)24-21-16-9-14-18(21)13-8-15-20(22-2)23-3/h5-7,9,11-12,14,18-20H,4,8,10,13,15-16H2,1-3H3/t18-,19+/m1/s1. The lowest BCUT2D eigenvalue weighted by atomic mass is 10.1. The number of methoxy groups -OCH3 is 2. The molecule has 24 heavy (non-hydrogen) atoms. The van der Waals surface area contributed by atoms with Crippen LogP contribution in [0.2, 0.25) is 0 Å². The van der Waals surface area contributed by atoms with E-state index in [9.17, 15) is 0 Å². The van der Waals surface area contributed by atoms with Crippen molar-refractivity contribution in [2.24, 2.45) is 0 Å². The van der Waals surface area contributed by atoms with Crippen LogP contribution in [0.3, 0.4) is 0 Å². The number of benzene rings is 1. The first-order chi connectivity index (χ1) is 11.8. The van der Waals surface area contributed by atoms with E-state index in [1.807, 2.05) is 0 Å². The van der Waals surface area contributed by atoms with Crippen molar-refractivity contribution in [1.82, 2.24) is 5.06 Å². The molecular weight excluding hydrogens is 302 g/mol. The Morgan fingerprint density at radius 3 is 2.54 bits per heavy atom. The SMILES string of the molecule is CCC[C@H](ON1CC=C[C@H]1CCCC(OC)OC)c1ccccc1. The van der Waals surface area contributed by atoms with Crippen molar-refractivity contribution in [3.63, 3.8) is 0 Å². The van der Waals surface area contributed by atoms with Gasteiger partial charge in [0.25, 0.3) is 0 Å². The molecule has 0 saturated heterocycles. The van der Waals surface area contributed by atoms with Crippen LogP contribution in [0.15, 0.2) is 42.5 Å². The van der Waals surface area contributed by atoms with E-state index in [-0.39, 0.29) is 12.4 Å². The highest BCUT2D eigenvalue weighted by Gasteiger charge is 2.24. The fraction of sp³-hybridized carbons (Fsp3) is 0.600. The van der Waals surface area contributed by atoms with E-state index in [0.717, 1.165) is 38.6 Å². The molecule has 1 aromatic carbocycles. The van der Waals surface area contributed by atoms with E-state index in [2.05, 4.69) is 54.5 Å². The van der Waals surface area contributed by atoms with Crippen LogP contribution in [0.5, 0.6) is 0 Å². The van der Waals surface area contributed by atoms with Gasteiger partial charge in [-0.1, -0.05) is 55.8 Å². The summed E-state index contributed by atoms with van der Waals surface area (Å²) in [6, 6.07) is 10.9. The minimum absolute atomic E-state index is 0.109. The topological polar surface area (TPSA) is 30.9 Å². The maximum atomic E-state index is 6.37. The fourth-order valence-corrected chi connectivity index (χ4v) is 3.11. The summed E-state index contributed by atoms with van der Waals surface area (Å²) < 4.78 is 10.5. The van der Waals surface area contributed by atoms with Crippen molar-refractivity contribution >= 4 is 0 Å². The molecule has 0 aromatic heterocycles. The molecule has 2 atom stereocenters. The number of rotatable bonds is 11. The highest BCUT2D eigenvalue weighted by atomic mass is 16.7. The third-order valence-electron chi connectivity index (χ3n) is 4.46. The summed E-state index contributed by atoms with van der Waals surface area (Å²) in [6.07, 6.45) is 9.61. The summed E-state index contributed by atoms with van der Waals surface area (Å²) >= 11 is 0. The summed E-state index contributed by atoms with van der Waals surface area (Å²) in [6.45, 7) is 3.06. The molecule has 1 aliphatic heterocycles. The van der Waals surface area contributed by atoms with E-state index in [0.29, 0.717) is 6.04 Å². The lowest BCUT2D eigenvalue weighted by Gasteiger charge is -2.29. The average Bonchev–Trinajstić information content (AvgIpc) is 3.06. The van der Waals surface area contributed by atoms with Gasteiger partial charge in [0.05, 0.1) is 6.04 Å². The van der Waals surface area contributed by atoms with Crippen LogP contribution >= 0.6 is 0 Å². The molecular formula is C20H31NO3. The van der Waals surface area contributed by atoms with Gasteiger partial charge in [-0.15, -0.1) is 0 Å². The first-order valence-electron chi connectivity index (χ1n) is 8.99. The van der Waals surface area contributed by atoms with Crippen molar-refractivity contribution in [1.29, 1.82) is 0 Å². The second-order valence-electron chi connectivity index (χ2n) is 6.22. The van der Waals surface area contributed by atoms with Gasteiger partial charge in [-0.05, 0) is 31.2 Å². The lowest BCUT2D eigenvalue weighted by molar-refractivity contribution is -0.208. The zero-order valence-electron chi connectivity index (χ0n) is 15.2. The predicted octanol–water partition coefficient (Wildman–Crippen LogP) is 4.49. The van der Waals surface area contributed by atoms with Gasteiger partial charge < -0.3 is 9.47 Å². The zero-order valence-corrected chi connectivity index (χ0v) is 15.2. The summed E-state index contributed by atoms with van der Waals surface area (Å²) in [4.78, 5) is 6.37. The Hall–Kier alpha value is -1.20. The summed E-state index contributed by atoms with van der Waals surface area (Å²) in [5.74, 6) is 0. The normalized spacial score (nSPS) is 19.2. The van der Waals surface area contributed by atoms with Gasteiger partial charge in [-0.25, -0.2) is 0 Å². The van der Waals surface area contributed by atoms with Gasteiger partial charge in [-0.2, -0.15) is 5.06 Å². The second kappa shape index (κ2) is 10.6. The van der Waals surface area contributed by atoms with Crippen LogP contribution in [0.4, 0.5) is 0 Å². The van der Waals surface area contributed by atoms with Gasteiger partial charge in [0.2, 0.25) is 0 Å². The number of nitrogens with zero attached hydrogens (tertiary/aromatic N) is 1. The molecule has 134 valence electrons. The summed E-state index contributed by atoms with van der Waals surface area (Å²) in [5, 5.41) is 2.13. The molecule has 1 heterocycles. The Labute approximate surface area is 146 Å². The number of ether oxygens (including phenoxy) is 2. The third-order valence-corrected chi connectivity index (χ3v) is 4.46. The molecule has 4 nitrogen and oxygen atoms in total. The molecule has 1 aliphatic rings. The summed E-state index contributed by atoms with van der Waals surface area (Å²) in [5.41, 5.74) is 1.25. The van der Waals surface area contributed by atoms with Crippen LogP contribution in [0.25, 0.3) is 0 Å². The predicted molar refractivity (Wildman–Crippen MR) is 96.5 cm³/mol. The fourth-order valence-electron chi connectivity index (χ4n) is 3.11. The van der Waals surface area contributed by atoms with Crippen molar-refractivity contribution < 1.29 is 14.3 Å². The monoisotopic (exact) mass is 333 g/mol. The number of hydroxylamine groups is 2. The van der Waals surface area contributed by atoms with E-state index < -0.39 is 0 Å². The molecule has 0 radical (unpaired) electrons. The Morgan fingerprint density at radius 1 is 1.12 bits per heavy atom. The molecule has 0 aliphatic carbocycles. The third kappa shape index (κ3) is 5.71. The maximum absolute atomic E-state index is 6.37. The van der Waals surface area contributed by atoms with Crippen LogP contribution < -0.4 is 0 Å². The minimum Gasteiger partial charge on any atom is -0.356 e. The van der Waals surface area contributed by atoms with E-state index >= 15 is 0 Å². The maximum Gasteiger partial charge on any atom is 0.156 e. The number of hydrogen-bond acceptors (Lipinski definition) is 4.